The van der Waals surface area contributed by atoms with Crippen molar-refractivity contribution in [1.29, 1.82) is 0 Å². The number of anilines is 1. The van der Waals surface area contributed by atoms with Gasteiger partial charge in [0.1, 0.15) is 5.25 Å². The first kappa shape index (κ1) is 15.3. The first-order valence-electron chi connectivity index (χ1n) is 5.58. The van der Waals surface area contributed by atoms with Gasteiger partial charge in [0.15, 0.2) is 11.6 Å². The van der Waals surface area contributed by atoms with E-state index in [2.05, 4.69) is 0 Å². The molecule has 0 saturated carbocycles. The fourth-order valence-corrected chi connectivity index (χ4v) is 2.72. The molecule has 10 heteroatoms. The summed E-state index contributed by atoms with van der Waals surface area (Å²) in [7, 11) is -5.06. The maximum atomic E-state index is 13.8. The lowest BCUT2D eigenvalue weighted by molar-refractivity contribution is -0.117. The van der Waals surface area contributed by atoms with Crippen molar-refractivity contribution in [2.75, 3.05) is 11.4 Å². The predicted molar refractivity (Wildman–Crippen MR) is 64.1 cm³/mol. The lowest BCUT2D eigenvalue weighted by Gasteiger charge is -2.19. The Morgan fingerprint density at radius 3 is 2.43 bits per heavy atom. The SMILES string of the molecule is O=C(O)c1ccc(F)c(F)c1N1CC(S(=O)(=O)F)CC1=O. The molecule has 0 bridgehead atoms. The average molecular weight is 323 g/mol. The van der Waals surface area contributed by atoms with Gasteiger partial charge in [-0.1, -0.05) is 0 Å². The molecule has 1 amide bonds. The molecule has 0 radical (unpaired) electrons. The van der Waals surface area contributed by atoms with Gasteiger partial charge >= 0.3 is 16.2 Å². The molecule has 1 aromatic carbocycles. The number of amides is 1. The number of carbonyl (C=O) groups excluding carboxylic acids is 1. The molecular weight excluding hydrogens is 315 g/mol. The third-order valence-corrected chi connectivity index (χ3v) is 4.17. The largest absolute Gasteiger partial charge is 0.478 e. The number of halogens is 3. The highest BCUT2D eigenvalue weighted by atomic mass is 32.3. The molecule has 1 atom stereocenters. The Kier molecular flexibility index (Phi) is 3.66. The summed E-state index contributed by atoms with van der Waals surface area (Å²) in [6, 6.07) is 1.30. The number of aromatic carboxylic acids is 1. The lowest BCUT2D eigenvalue weighted by Crippen LogP contribution is -2.29. The van der Waals surface area contributed by atoms with E-state index in [0.717, 1.165) is 6.07 Å². The third kappa shape index (κ3) is 2.71. The number of hydrogen-bond donors (Lipinski definition) is 1. The van der Waals surface area contributed by atoms with Gasteiger partial charge in [0.05, 0.1) is 11.3 Å². The molecule has 1 heterocycles. The molecule has 1 aliphatic heterocycles. The first-order valence-corrected chi connectivity index (χ1v) is 7.02. The minimum atomic E-state index is -5.06. The number of nitrogens with zero attached hydrogens (tertiary/aromatic N) is 1. The standard InChI is InChI=1S/C11H8F3NO5S/c12-7-2-1-6(11(17)18)10(9(7)13)15-4-5(3-8(15)16)21(14,19)20/h1-2,5H,3-4H2,(H,17,18). The van der Waals surface area contributed by atoms with Crippen molar-refractivity contribution < 1.29 is 35.8 Å². The summed E-state index contributed by atoms with van der Waals surface area (Å²) in [5.74, 6) is -5.66. The van der Waals surface area contributed by atoms with Crippen molar-refractivity contribution in [1.82, 2.24) is 0 Å². The monoisotopic (exact) mass is 323 g/mol. The van der Waals surface area contributed by atoms with Gasteiger partial charge in [-0.2, -0.15) is 8.42 Å². The average Bonchev–Trinajstić information content (AvgIpc) is 2.74. The van der Waals surface area contributed by atoms with Gasteiger partial charge in [0.25, 0.3) is 0 Å². The highest BCUT2D eigenvalue weighted by Crippen LogP contribution is 2.32. The summed E-state index contributed by atoms with van der Waals surface area (Å²) in [6.45, 7) is -0.779. The molecule has 1 N–H and O–H groups in total. The van der Waals surface area contributed by atoms with Crippen LogP contribution in [-0.2, 0) is 15.0 Å². The van der Waals surface area contributed by atoms with Crippen LogP contribution < -0.4 is 4.90 Å². The molecule has 0 spiro atoms. The van der Waals surface area contributed by atoms with Crippen LogP contribution >= 0.6 is 0 Å². The van der Waals surface area contributed by atoms with Crippen LogP contribution in [0, 0.1) is 11.6 Å². The Balaban J connectivity index is 2.55. The Hall–Kier alpha value is -2.10. The van der Waals surface area contributed by atoms with Gasteiger partial charge in [-0.15, -0.1) is 3.89 Å². The number of carboxylic acid groups (broad SMARTS) is 1. The normalized spacial score (nSPS) is 19.1. The van der Waals surface area contributed by atoms with Crippen molar-refractivity contribution in [2.45, 2.75) is 11.7 Å². The molecule has 21 heavy (non-hydrogen) atoms. The highest BCUT2D eigenvalue weighted by Gasteiger charge is 2.41. The molecule has 0 aliphatic carbocycles. The topological polar surface area (TPSA) is 91.8 Å². The van der Waals surface area contributed by atoms with E-state index in [1.54, 1.807) is 0 Å². The van der Waals surface area contributed by atoms with Crippen molar-refractivity contribution in [3.05, 3.63) is 29.3 Å². The van der Waals surface area contributed by atoms with Gasteiger partial charge in [0.2, 0.25) is 5.91 Å². The number of rotatable bonds is 3. The van der Waals surface area contributed by atoms with E-state index in [9.17, 15) is 30.7 Å². The van der Waals surface area contributed by atoms with Gasteiger partial charge in [-0.3, -0.25) is 4.79 Å². The first-order chi connectivity index (χ1) is 9.62. The van der Waals surface area contributed by atoms with E-state index in [4.69, 9.17) is 5.11 Å². The van der Waals surface area contributed by atoms with Crippen LogP contribution in [0.1, 0.15) is 16.8 Å². The zero-order chi connectivity index (χ0) is 15.9. The second-order valence-corrected chi connectivity index (χ2v) is 5.99. The molecule has 1 aromatic rings. The minimum absolute atomic E-state index is 0.434. The van der Waals surface area contributed by atoms with Gasteiger partial charge < -0.3 is 10.0 Å². The van der Waals surface area contributed by atoms with E-state index >= 15 is 0 Å². The number of carbonyl (C=O) groups is 2. The van der Waals surface area contributed by atoms with E-state index in [1.807, 2.05) is 0 Å². The Bertz CT molecular complexity index is 734. The quantitative estimate of drug-likeness (QED) is 0.840. The Morgan fingerprint density at radius 1 is 1.33 bits per heavy atom. The smallest absolute Gasteiger partial charge is 0.337 e. The second kappa shape index (κ2) is 5.02. The molecule has 1 aliphatic rings. The zero-order valence-corrected chi connectivity index (χ0v) is 11.0. The summed E-state index contributed by atoms with van der Waals surface area (Å²) < 4.78 is 61.5. The summed E-state index contributed by atoms with van der Waals surface area (Å²) in [5.41, 5.74) is -1.63. The maximum Gasteiger partial charge on any atom is 0.337 e. The van der Waals surface area contributed by atoms with E-state index < -0.39 is 63.2 Å². The summed E-state index contributed by atoms with van der Waals surface area (Å²) in [5, 5.41) is 7.19. The predicted octanol–water partition coefficient (Wildman–Crippen LogP) is 1.07. The summed E-state index contributed by atoms with van der Waals surface area (Å²) in [4.78, 5) is 23.1. The van der Waals surface area contributed by atoms with Crippen LogP contribution in [0.25, 0.3) is 0 Å². The van der Waals surface area contributed by atoms with Gasteiger partial charge in [-0.25, -0.2) is 13.6 Å². The number of carboxylic acids is 1. The Morgan fingerprint density at radius 2 is 1.95 bits per heavy atom. The molecule has 114 valence electrons. The molecule has 1 saturated heterocycles. The molecule has 1 fully saturated rings. The van der Waals surface area contributed by atoms with Crippen LogP contribution in [0.15, 0.2) is 12.1 Å². The molecule has 0 aromatic heterocycles. The lowest BCUT2D eigenvalue weighted by atomic mass is 10.1. The molecule has 1 unspecified atom stereocenters. The van der Waals surface area contributed by atoms with Gasteiger partial charge in [0, 0.05) is 13.0 Å². The van der Waals surface area contributed by atoms with Crippen molar-refractivity contribution in [3.8, 4) is 0 Å². The second-order valence-electron chi connectivity index (χ2n) is 4.37. The fraction of sp³-hybridized carbons (Fsp3) is 0.273. The van der Waals surface area contributed by atoms with Crippen LogP contribution in [0.4, 0.5) is 18.4 Å². The number of hydrogen-bond acceptors (Lipinski definition) is 4. The zero-order valence-electron chi connectivity index (χ0n) is 10.2. The van der Waals surface area contributed by atoms with Crippen molar-refractivity contribution >= 4 is 27.8 Å². The fourth-order valence-electron chi connectivity index (χ4n) is 2.06. The molecule has 2 rings (SSSR count). The van der Waals surface area contributed by atoms with Crippen molar-refractivity contribution in [3.63, 3.8) is 0 Å². The summed E-state index contributed by atoms with van der Waals surface area (Å²) >= 11 is 0. The van der Waals surface area contributed by atoms with Crippen molar-refractivity contribution in [2.24, 2.45) is 0 Å². The maximum absolute atomic E-state index is 13.8. The van der Waals surface area contributed by atoms with Gasteiger partial charge in [-0.05, 0) is 12.1 Å². The van der Waals surface area contributed by atoms with E-state index in [-0.39, 0.29) is 0 Å². The molecular formula is C11H8F3NO5S. The number of benzene rings is 1. The van der Waals surface area contributed by atoms with Crippen LogP contribution in [0.2, 0.25) is 0 Å². The Labute approximate surface area is 117 Å². The summed E-state index contributed by atoms with van der Waals surface area (Å²) in [6.07, 6.45) is -0.770. The highest BCUT2D eigenvalue weighted by molar-refractivity contribution is 7.87. The van der Waals surface area contributed by atoms with Crippen LogP contribution in [0.5, 0.6) is 0 Å². The third-order valence-electron chi connectivity index (χ3n) is 3.06. The minimum Gasteiger partial charge on any atom is -0.478 e. The molecule has 6 nitrogen and oxygen atoms in total. The van der Waals surface area contributed by atoms with Crippen LogP contribution in [-0.4, -0.2) is 37.2 Å². The van der Waals surface area contributed by atoms with Crippen LogP contribution in [0.3, 0.4) is 0 Å². The van der Waals surface area contributed by atoms with E-state index in [1.165, 1.54) is 0 Å². The van der Waals surface area contributed by atoms with E-state index in [0.29, 0.717) is 11.0 Å².